The first-order chi connectivity index (χ1) is 14.4. The minimum Gasteiger partial charge on any atom is -0.469 e. The molecule has 0 radical (unpaired) electrons. The van der Waals surface area contributed by atoms with Crippen LogP contribution in [0.5, 0.6) is 0 Å². The van der Waals surface area contributed by atoms with E-state index in [2.05, 4.69) is 5.32 Å². The summed E-state index contributed by atoms with van der Waals surface area (Å²) in [7, 11) is 2.98. The second-order valence-corrected chi connectivity index (χ2v) is 8.50. The molecule has 8 heteroatoms. The number of esters is 1. The number of nitrogens with zero attached hydrogens (tertiary/aromatic N) is 2. The molecule has 2 fully saturated rings. The molecule has 4 rings (SSSR count). The number of hydrogen-bond acceptors (Lipinski definition) is 5. The number of pyridine rings is 1. The molecule has 5 atom stereocenters. The van der Waals surface area contributed by atoms with Crippen molar-refractivity contribution >= 4 is 17.8 Å². The standard InChI is InChI=1S/C22H27N3O5/c1-24-12-15(5-8-19(24)26)20(27)23-16-10-17-6-7-18(11-16)25(17)21(28)13-3-4-14(9-13)22(29)30-2/h3-5,8,12-14,16-18H,6-7,9-11H2,1-2H3,(H,23,27)/t13-,14+,16?,17-,18+/m1/s1. The molecular weight excluding hydrogens is 386 g/mol. The number of aromatic nitrogens is 1. The molecule has 3 aliphatic rings. The van der Waals surface area contributed by atoms with Gasteiger partial charge in [-0.25, -0.2) is 0 Å². The third-order valence-electron chi connectivity index (χ3n) is 6.58. The summed E-state index contributed by atoms with van der Waals surface area (Å²) in [6, 6.07) is 3.13. The number of nitrogens with one attached hydrogen (secondary N) is 1. The second kappa shape index (κ2) is 8.08. The second-order valence-electron chi connectivity index (χ2n) is 8.50. The summed E-state index contributed by atoms with van der Waals surface area (Å²) in [4.78, 5) is 51.0. The van der Waals surface area contributed by atoms with Gasteiger partial charge in [0.2, 0.25) is 11.5 Å². The molecule has 1 aromatic heterocycles. The fourth-order valence-electron chi connectivity index (χ4n) is 5.05. The van der Waals surface area contributed by atoms with Crippen LogP contribution in [0.2, 0.25) is 0 Å². The van der Waals surface area contributed by atoms with Crippen LogP contribution in [0.25, 0.3) is 0 Å². The molecule has 2 bridgehead atoms. The minimum atomic E-state index is -0.347. The summed E-state index contributed by atoms with van der Waals surface area (Å²) in [6.07, 6.45) is 8.91. The van der Waals surface area contributed by atoms with Crippen LogP contribution in [0, 0.1) is 11.8 Å². The van der Waals surface area contributed by atoms with E-state index >= 15 is 0 Å². The molecular formula is C22H27N3O5. The van der Waals surface area contributed by atoms with Gasteiger partial charge in [-0.15, -0.1) is 0 Å². The number of hydrogen-bond donors (Lipinski definition) is 1. The van der Waals surface area contributed by atoms with Gasteiger partial charge in [-0.05, 0) is 38.2 Å². The van der Waals surface area contributed by atoms with E-state index in [1.54, 1.807) is 13.1 Å². The highest BCUT2D eigenvalue weighted by molar-refractivity contribution is 5.94. The molecule has 1 N–H and O–H groups in total. The number of amides is 2. The molecule has 1 unspecified atom stereocenters. The summed E-state index contributed by atoms with van der Waals surface area (Å²) in [6.45, 7) is 0. The predicted octanol–water partition coefficient (Wildman–Crippen LogP) is 1.00. The van der Waals surface area contributed by atoms with E-state index in [0.717, 1.165) is 25.7 Å². The van der Waals surface area contributed by atoms with Crippen LogP contribution in [-0.2, 0) is 21.4 Å². The lowest BCUT2D eigenvalue weighted by molar-refractivity contribution is -0.144. The molecule has 2 amide bonds. The van der Waals surface area contributed by atoms with Gasteiger partial charge in [-0.2, -0.15) is 0 Å². The number of carbonyl (C=O) groups excluding carboxylic acids is 3. The third-order valence-corrected chi connectivity index (χ3v) is 6.58. The molecule has 1 aromatic rings. The molecule has 2 saturated heterocycles. The van der Waals surface area contributed by atoms with Crippen LogP contribution in [0.3, 0.4) is 0 Å². The Kier molecular flexibility index (Phi) is 5.49. The molecule has 0 aromatic carbocycles. The van der Waals surface area contributed by atoms with Gasteiger partial charge in [0.15, 0.2) is 0 Å². The van der Waals surface area contributed by atoms with Crippen molar-refractivity contribution in [1.29, 1.82) is 0 Å². The number of ether oxygens (including phenoxy) is 1. The molecule has 0 spiro atoms. The van der Waals surface area contributed by atoms with Crippen molar-refractivity contribution < 1.29 is 19.1 Å². The van der Waals surface area contributed by atoms with Crippen molar-refractivity contribution in [1.82, 2.24) is 14.8 Å². The minimum absolute atomic E-state index is 0.00165. The number of methoxy groups -OCH3 is 1. The third kappa shape index (κ3) is 3.78. The lowest BCUT2D eigenvalue weighted by atomic mass is 9.94. The highest BCUT2D eigenvalue weighted by Gasteiger charge is 2.46. The number of fused-ring (bicyclic) bond motifs is 2. The molecule has 160 valence electrons. The molecule has 8 nitrogen and oxygen atoms in total. The van der Waals surface area contributed by atoms with Gasteiger partial charge < -0.3 is 19.5 Å². The van der Waals surface area contributed by atoms with E-state index in [-0.39, 0.29) is 53.3 Å². The summed E-state index contributed by atoms with van der Waals surface area (Å²) in [5.74, 6) is -1.05. The fourth-order valence-corrected chi connectivity index (χ4v) is 5.05. The smallest absolute Gasteiger partial charge is 0.312 e. The highest BCUT2D eigenvalue weighted by Crippen LogP contribution is 2.38. The zero-order valence-electron chi connectivity index (χ0n) is 17.2. The van der Waals surface area contributed by atoms with Crippen LogP contribution < -0.4 is 10.9 Å². The van der Waals surface area contributed by atoms with Crippen LogP contribution in [-0.4, -0.2) is 52.5 Å². The zero-order valence-corrected chi connectivity index (χ0v) is 17.2. The van der Waals surface area contributed by atoms with Gasteiger partial charge in [0.25, 0.3) is 5.91 Å². The van der Waals surface area contributed by atoms with E-state index in [0.29, 0.717) is 12.0 Å². The van der Waals surface area contributed by atoms with Crippen molar-refractivity contribution in [2.45, 2.75) is 50.2 Å². The average Bonchev–Trinajstić information content (AvgIpc) is 3.32. The molecule has 0 saturated carbocycles. The number of carbonyl (C=O) groups is 3. The largest absolute Gasteiger partial charge is 0.469 e. The summed E-state index contributed by atoms with van der Waals surface area (Å²) in [5.41, 5.74) is 0.291. The lowest BCUT2D eigenvalue weighted by Gasteiger charge is -2.40. The average molecular weight is 413 g/mol. The van der Waals surface area contributed by atoms with E-state index in [1.165, 1.54) is 30.0 Å². The van der Waals surface area contributed by atoms with Crippen molar-refractivity contribution in [3.8, 4) is 0 Å². The Hall–Kier alpha value is -2.90. The molecule has 3 heterocycles. The van der Waals surface area contributed by atoms with Gasteiger partial charge >= 0.3 is 5.97 Å². The first-order valence-corrected chi connectivity index (χ1v) is 10.4. The molecule has 2 aliphatic heterocycles. The van der Waals surface area contributed by atoms with Crippen molar-refractivity contribution in [2.24, 2.45) is 18.9 Å². The topological polar surface area (TPSA) is 97.7 Å². The number of aryl methyl sites for hydroxylation is 1. The van der Waals surface area contributed by atoms with E-state index in [9.17, 15) is 19.2 Å². The van der Waals surface area contributed by atoms with E-state index < -0.39 is 0 Å². The van der Waals surface area contributed by atoms with Crippen molar-refractivity contribution in [2.75, 3.05) is 7.11 Å². The summed E-state index contributed by atoms with van der Waals surface area (Å²) >= 11 is 0. The van der Waals surface area contributed by atoms with Gasteiger partial charge in [0.1, 0.15) is 0 Å². The van der Waals surface area contributed by atoms with Crippen LogP contribution in [0.4, 0.5) is 0 Å². The normalized spacial score (nSPS) is 29.7. The first-order valence-electron chi connectivity index (χ1n) is 10.4. The Bertz CT molecular complexity index is 938. The van der Waals surface area contributed by atoms with Crippen LogP contribution >= 0.6 is 0 Å². The predicted molar refractivity (Wildman–Crippen MR) is 109 cm³/mol. The maximum absolute atomic E-state index is 13.1. The lowest BCUT2D eigenvalue weighted by Crippen LogP contribution is -2.53. The summed E-state index contributed by atoms with van der Waals surface area (Å²) in [5, 5.41) is 3.07. The highest BCUT2D eigenvalue weighted by atomic mass is 16.5. The fraction of sp³-hybridized carbons (Fsp3) is 0.545. The Labute approximate surface area is 174 Å². The van der Waals surface area contributed by atoms with Crippen LogP contribution in [0.1, 0.15) is 42.5 Å². The first kappa shape index (κ1) is 20.4. The zero-order chi connectivity index (χ0) is 21.4. The van der Waals surface area contributed by atoms with Gasteiger partial charge in [-0.1, -0.05) is 12.2 Å². The van der Waals surface area contributed by atoms with E-state index in [1.807, 2.05) is 11.0 Å². The molecule has 30 heavy (non-hydrogen) atoms. The van der Waals surface area contributed by atoms with Gasteiger partial charge in [0, 0.05) is 37.4 Å². The maximum atomic E-state index is 13.1. The van der Waals surface area contributed by atoms with Crippen molar-refractivity contribution in [3.05, 3.63) is 46.4 Å². The van der Waals surface area contributed by atoms with Gasteiger partial charge in [0.05, 0.1) is 24.5 Å². The maximum Gasteiger partial charge on any atom is 0.312 e. The number of rotatable bonds is 4. The Balaban J connectivity index is 1.38. The quantitative estimate of drug-likeness (QED) is 0.587. The monoisotopic (exact) mass is 413 g/mol. The Morgan fingerprint density at radius 3 is 2.33 bits per heavy atom. The van der Waals surface area contributed by atoms with Crippen LogP contribution in [0.15, 0.2) is 35.3 Å². The Morgan fingerprint density at radius 2 is 1.70 bits per heavy atom. The number of piperidine rings is 1. The summed E-state index contributed by atoms with van der Waals surface area (Å²) < 4.78 is 6.18. The molecule has 1 aliphatic carbocycles. The van der Waals surface area contributed by atoms with Crippen molar-refractivity contribution in [3.63, 3.8) is 0 Å². The Morgan fingerprint density at radius 1 is 1.03 bits per heavy atom. The van der Waals surface area contributed by atoms with E-state index in [4.69, 9.17) is 4.74 Å². The van der Waals surface area contributed by atoms with Gasteiger partial charge in [-0.3, -0.25) is 19.2 Å². The SMILES string of the molecule is COC(=O)[C@H]1C=C[C@@H](C(=O)N2[C@@H]3CC[C@H]2CC(NC(=O)c2ccc(=O)n(C)c2)C3)C1.